The van der Waals surface area contributed by atoms with Gasteiger partial charge in [0, 0.05) is 17.8 Å². The minimum atomic E-state index is -0.976. The molecule has 0 unspecified atom stereocenters. The smallest absolute Gasteiger partial charge is 0.269 e. The van der Waals surface area contributed by atoms with Crippen molar-refractivity contribution in [1.29, 1.82) is 0 Å². The number of hydrazine groups is 1. The molecule has 0 aliphatic carbocycles. The van der Waals surface area contributed by atoms with Crippen LogP contribution in [0.15, 0.2) is 54.6 Å². The molecular weight excluding hydrogens is 395 g/mol. The first kappa shape index (κ1) is 20.4. The van der Waals surface area contributed by atoms with E-state index in [1.807, 2.05) is 0 Å². The van der Waals surface area contributed by atoms with Crippen molar-refractivity contribution >= 4 is 40.7 Å². The van der Waals surface area contributed by atoms with E-state index in [-0.39, 0.29) is 17.4 Å². The summed E-state index contributed by atoms with van der Waals surface area (Å²) in [6.07, 6.45) is -0.234. The minimum absolute atomic E-state index is 0.126. The number of carbonyl (C=O) groups excluding carboxylic acids is 3. The molecule has 1 aliphatic rings. The summed E-state index contributed by atoms with van der Waals surface area (Å²) in [7, 11) is 0. The van der Waals surface area contributed by atoms with Crippen molar-refractivity contribution in [3.05, 3.63) is 66.0 Å². The summed E-state index contributed by atoms with van der Waals surface area (Å²) in [4.78, 5) is 39.0. The van der Waals surface area contributed by atoms with E-state index in [1.54, 1.807) is 37.3 Å². The van der Waals surface area contributed by atoms with Crippen LogP contribution in [0.3, 0.4) is 0 Å². The lowest BCUT2D eigenvalue weighted by Gasteiger charge is -2.24. The molecule has 1 atom stereocenters. The lowest BCUT2D eigenvalue weighted by atomic mass is 10.1. The first-order valence-corrected chi connectivity index (χ1v) is 9.37. The zero-order valence-corrected chi connectivity index (χ0v) is 16.4. The van der Waals surface area contributed by atoms with E-state index >= 15 is 0 Å². The fourth-order valence-corrected chi connectivity index (χ4v) is 3.32. The van der Waals surface area contributed by atoms with Crippen LogP contribution in [-0.2, 0) is 9.59 Å². The van der Waals surface area contributed by atoms with Gasteiger partial charge in [-0.25, -0.2) is 9.40 Å². The molecule has 0 aromatic heterocycles. The number of rotatable bonds is 6. The minimum Gasteiger partial charge on any atom is -0.326 e. The Balaban J connectivity index is 1.75. The molecule has 1 fully saturated rings. The van der Waals surface area contributed by atoms with E-state index in [0.717, 1.165) is 0 Å². The second-order valence-electron chi connectivity index (χ2n) is 6.32. The normalized spacial score (nSPS) is 16.1. The number of benzene rings is 2. The van der Waals surface area contributed by atoms with E-state index in [9.17, 15) is 18.8 Å². The summed E-state index contributed by atoms with van der Waals surface area (Å²) < 4.78 is 13.0. The Hall–Kier alpha value is -3.33. The number of hydrogen-bond acceptors (Lipinski definition) is 4. The molecule has 2 aromatic rings. The van der Waals surface area contributed by atoms with Gasteiger partial charge in [-0.2, -0.15) is 0 Å². The number of carbonyl (C=O) groups is 3. The summed E-state index contributed by atoms with van der Waals surface area (Å²) in [6, 6.07) is 12.8. The van der Waals surface area contributed by atoms with Crippen LogP contribution in [0.1, 0.15) is 23.7 Å². The molecule has 1 aliphatic heterocycles. The number of anilines is 1. The van der Waals surface area contributed by atoms with Crippen molar-refractivity contribution in [2.75, 3.05) is 11.9 Å². The third-order valence-corrected chi connectivity index (χ3v) is 4.80. The van der Waals surface area contributed by atoms with Crippen LogP contribution in [0, 0.1) is 5.82 Å². The monoisotopic (exact) mass is 414 g/mol. The highest BCUT2D eigenvalue weighted by molar-refractivity contribution is 7.80. The lowest BCUT2D eigenvalue weighted by Crippen LogP contribution is -2.49. The van der Waals surface area contributed by atoms with Crippen molar-refractivity contribution in [2.24, 2.45) is 0 Å². The van der Waals surface area contributed by atoms with Gasteiger partial charge in [-0.05, 0) is 55.5 Å². The predicted molar refractivity (Wildman–Crippen MR) is 109 cm³/mol. The molecule has 0 saturated carbocycles. The summed E-state index contributed by atoms with van der Waals surface area (Å²) in [5, 5.41) is 3.99. The molecule has 0 bridgehead atoms. The summed E-state index contributed by atoms with van der Waals surface area (Å²) in [5.41, 5.74) is 3.42. The Labute approximate surface area is 172 Å². The number of thiocarbonyl (C=S) groups is 1. The van der Waals surface area contributed by atoms with Gasteiger partial charge >= 0.3 is 0 Å². The van der Waals surface area contributed by atoms with Crippen molar-refractivity contribution in [1.82, 2.24) is 15.3 Å². The van der Waals surface area contributed by atoms with Crippen molar-refractivity contribution in [3.8, 4) is 0 Å². The van der Waals surface area contributed by atoms with Crippen LogP contribution < -0.4 is 10.7 Å². The van der Waals surface area contributed by atoms with E-state index in [2.05, 4.69) is 10.7 Å². The van der Waals surface area contributed by atoms with Gasteiger partial charge in [-0.3, -0.25) is 24.7 Å². The van der Waals surface area contributed by atoms with Crippen LogP contribution in [0.4, 0.5) is 10.1 Å². The molecule has 9 heteroatoms. The molecule has 3 rings (SSSR count). The molecule has 7 nitrogen and oxygen atoms in total. The quantitative estimate of drug-likeness (QED) is 0.709. The van der Waals surface area contributed by atoms with Crippen molar-refractivity contribution in [2.45, 2.75) is 19.4 Å². The number of halogens is 1. The molecular formula is C20H19FN4O3S. The molecule has 3 amide bonds. The van der Waals surface area contributed by atoms with Crippen LogP contribution >= 0.6 is 12.2 Å². The standard InChI is InChI=1S/C20H19FN4O3S/c1-2-24-19(28)16(12-17(26)22-15-10-8-14(21)9-11-15)25(20(24)29)23-18(27)13-6-4-3-5-7-13/h3-11,16H,2,12H2,1H3,(H,22,26)(H,23,27)/t16-/m1/s1. The third-order valence-electron chi connectivity index (χ3n) is 4.38. The first-order valence-electron chi connectivity index (χ1n) is 8.96. The zero-order chi connectivity index (χ0) is 21.0. The topological polar surface area (TPSA) is 81.8 Å². The van der Waals surface area contributed by atoms with E-state index in [0.29, 0.717) is 17.8 Å². The predicted octanol–water partition coefficient (Wildman–Crippen LogP) is 2.32. The summed E-state index contributed by atoms with van der Waals surface area (Å²) in [6.45, 7) is 2.06. The fraction of sp³-hybridized carbons (Fsp3) is 0.200. The molecule has 1 heterocycles. The first-order chi connectivity index (χ1) is 13.9. The van der Waals surface area contributed by atoms with Crippen molar-refractivity contribution < 1.29 is 18.8 Å². The molecule has 150 valence electrons. The van der Waals surface area contributed by atoms with Gasteiger partial charge in [-0.15, -0.1) is 0 Å². The molecule has 0 spiro atoms. The maximum Gasteiger partial charge on any atom is 0.269 e. The highest BCUT2D eigenvalue weighted by atomic mass is 32.1. The Morgan fingerprint density at radius 1 is 1.10 bits per heavy atom. The molecule has 29 heavy (non-hydrogen) atoms. The largest absolute Gasteiger partial charge is 0.326 e. The van der Waals surface area contributed by atoms with E-state index < -0.39 is 23.7 Å². The summed E-state index contributed by atoms with van der Waals surface area (Å²) in [5.74, 6) is -1.70. The average Bonchev–Trinajstić information content (AvgIpc) is 2.93. The highest BCUT2D eigenvalue weighted by Crippen LogP contribution is 2.20. The van der Waals surface area contributed by atoms with Gasteiger partial charge in [0.05, 0.1) is 6.42 Å². The van der Waals surface area contributed by atoms with Gasteiger partial charge in [0.2, 0.25) is 5.91 Å². The lowest BCUT2D eigenvalue weighted by molar-refractivity contribution is -0.130. The number of nitrogens with one attached hydrogen (secondary N) is 2. The second-order valence-corrected chi connectivity index (χ2v) is 6.68. The van der Waals surface area contributed by atoms with Gasteiger partial charge in [0.1, 0.15) is 11.9 Å². The number of nitrogens with zero attached hydrogens (tertiary/aromatic N) is 2. The molecule has 2 aromatic carbocycles. The average molecular weight is 414 g/mol. The van der Waals surface area contributed by atoms with Gasteiger partial charge in [0.15, 0.2) is 5.11 Å². The number of likely N-dealkylation sites (N-methyl/N-ethyl adjacent to an activating group) is 1. The van der Waals surface area contributed by atoms with Crippen LogP contribution in [-0.4, -0.2) is 45.3 Å². The van der Waals surface area contributed by atoms with Crippen LogP contribution in [0.5, 0.6) is 0 Å². The maximum atomic E-state index is 13.0. The third kappa shape index (κ3) is 4.57. The van der Waals surface area contributed by atoms with Crippen LogP contribution in [0.25, 0.3) is 0 Å². The Bertz CT molecular complexity index is 937. The second kappa shape index (κ2) is 8.78. The van der Waals surface area contributed by atoms with E-state index in [4.69, 9.17) is 12.2 Å². The zero-order valence-electron chi connectivity index (χ0n) is 15.6. The highest BCUT2D eigenvalue weighted by Gasteiger charge is 2.43. The van der Waals surface area contributed by atoms with E-state index in [1.165, 1.54) is 34.2 Å². The number of hydrogen-bond donors (Lipinski definition) is 2. The van der Waals surface area contributed by atoms with Crippen LogP contribution in [0.2, 0.25) is 0 Å². The van der Waals surface area contributed by atoms with Gasteiger partial charge in [0.25, 0.3) is 11.8 Å². The Kier molecular flexibility index (Phi) is 6.18. The van der Waals surface area contributed by atoms with Gasteiger partial charge < -0.3 is 5.32 Å². The Morgan fingerprint density at radius 2 is 1.76 bits per heavy atom. The molecule has 2 N–H and O–H groups in total. The molecule has 0 radical (unpaired) electrons. The number of amides is 3. The Morgan fingerprint density at radius 3 is 2.38 bits per heavy atom. The van der Waals surface area contributed by atoms with Crippen molar-refractivity contribution in [3.63, 3.8) is 0 Å². The SMILES string of the molecule is CCN1C(=O)[C@@H](CC(=O)Nc2ccc(F)cc2)N(NC(=O)c2ccccc2)C1=S. The summed E-state index contributed by atoms with van der Waals surface area (Å²) >= 11 is 5.32. The fourth-order valence-electron chi connectivity index (χ4n) is 2.93. The van der Waals surface area contributed by atoms with Gasteiger partial charge in [-0.1, -0.05) is 18.2 Å². The molecule has 1 saturated heterocycles. The maximum absolute atomic E-state index is 13.0.